The topological polar surface area (TPSA) is 73.1 Å². The van der Waals surface area contributed by atoms with Gasteiger partial charge in [-0.25, -0.2) is 5.43 Å². The fraction of sp³-hybridized carbons (Fsp3) is 0.143. The molecule has 1 amide bonds. The first-order valence-corrected chi connectivity index (χ1v) is 9.78. The standard InChI is InChI=1S/C21H18BrClN2O4/c1-13-3-8-18(29-13)21(26)25-24-11-15-9-17(22)20(19(10-15)27-2)28-12-14-4-6-16(23)7-5-14/h3-11H,12H2,1-2H3,(H,25,26)/b24-11-. The number of amides is 1. The van der Waals surface area contributed by atoms with Crippen LogP contribution in [0.4, 0.5) is 0 Å². The molecule has 0 aliphatic carbocycles. The molecule has 0 unspecified atom stereocenters. The van der Waals surface area contributed by atoms with Crippen molar-refractivity contribution < 1.29 is 18.7 Å². The lowest BCUT2D eigenvalue weighted by molar-refractivity contribution is 0.0926. The molecule has 0 saturated heterocycles. The second-order valence-corrected chi connectivity index (χ2v) is 7.35. The van der Waals surface area contributed by atoms with Crippen LogP contribution in [-0.4, -0.2) is 19.2 Å². The molecular formula is C21H18BrClN2O4. The highest BCUT2D eigenvalue weighted by atomic mass is 79.9. The first-order valence-electron chi connectivity index (χ1n) is 8.61. The molecule has 3 aromatic rings. The zero-order valence-electron chi connectivity index (χ0n) is 15.7. The van der Waals surface area contributed by atoms with E-state index in [-0.39, 0.29) is 5.76 Å². The van der Waals surface area contributed by atoms with Gasteiger partial charge in [-0.2, -0.15) is 5.10 Å². The van der Waals surface area contributed by atoms with E-state index >= 15 is 0 Å². The van der Waals surface area contributed by atoms with Gasteiger partial charge in [0.1, 0.15) is 12.4 Å². The number of carbonyl (C=O) groups excluding carboxylic acids is 1. The van der Waals surface area contributed by atoms with Crippen molar-refractivity contribution in [3.63, 3.8) is 0 Å². The highest BCUT2D eigenvalue weighted by Gasteiger charge is 2.12. The fourth-order valence-corrected chi connectivity index (χ4v) is 3.17. The zero-order chi connectivity index (χ0) is 20.8. The molecule has 8 heteroatoms. The molecule has 29 heavy (non-hydrogen) atoms. The molecule has 1 aromatic heterocycles. The number of rotatable bonds is 7. The molecule has 6 nitrogen and oxygen atoms in total. The van der Waals surface area contributed by atoms with Crippen molar-refractivity contribution in [2.24, 2.45) is 5.10 Å². The zero-order valence-corrected chi connectivity index (χ0v) is 18.1. The number of hydrogen-bond donors (Lipinski definition) is 1. The van der Waals surface area contributed by atoms with Gasteiger partial charge in [-0.3, -0.25) is 4.79 Å². The summed E-state index contributed by atoms with van der Waals surface area (Å²) in [6, 6.07) is 14.3. The number of furan rings is 1. The van der Waals surface area contributed by atoms with E-state index in [0.29, 0.717) is 38.9 Å². The lowest BCUT2D eigenvalue weighted by atomic mass is 10.2. The fourth-order valence-electron chi connectivity index (χ4n) is 2.47. The van der Waals surface area contributed by atoms with Gasteiger partial charge < -0.3 is 13.9 Å². The maximum atomic E-state index is 12.0. The normalized spacial score (nSPS) is 10.9. The third kappa shape index (κ3) is 5.62. The van der Waals surface area contributed by atoms with Crippen molar-refractivity contribution in [1.82, 2.24) is 5.43 Å². The van der Waals surface area contributed by atoms with E-state index in [1.54, 1.807) is 32.2 Å². The number of hydrogen-bond acceptors (Lipinski definition) is 5. The Morgan fingerprint density at radius 1 is 1.24 bits per heavy atom. The summed E-state index contributed by atoms with van der Waals surface area (Å²) in [4.78, 5) is 12.0. The van der Waals surface area contributed by atoms with Crippen LogP contribution in [0.15, 0.2) is 62.5 Å². The van der Waals surface area contributed by atoms with Crippen LogP contribution in [0.3, 0.4) is 0 Å². The van der Waals surface area contributed by atoms with Crippen LogP contribution < -0.4 is 14.9 Å². The number of aryl methyl sites for hydroxylation is 1. The van der Waals surface area contributed by atoms with Gasteiger partial charge in [-0.1, -0.05) is 23.7 Å². The molecule has 150 valence electrons. The van der Waals surface area contributed by atoms with Crippen molar-refractivity contribution in [3.05, 3.63) is 80.7 Å². The predicted octanol–water partition coefficient (Wildman–Crippen LogP) is 5.36. The average Bonchev–Trinajstić information content (AvgIpc) is 3.14. The number of nitrogens with one attached hydrogen (secondary N) is 1. The van der Waals surface area contributed by atoms with E-state index in [1.165, 1.54) is 6.21 Å². The number of hydrazone groups is 1. The minimum atomic E-state index is -0.428. The molecule has 0 aliphatic rings. The first-order chi connectivity index (χ1) is 14.0. The maximum absolute atomic E-state index is 12.0. The number of methoxy groups -OCH3 is 1. The number of halogens is 2. The van der Waals surface area contributed by atoms with Gasteiger partial charge in [0.25, 0.3) is 0 Å². The van der Waals surface area contributed by atoms with E-state index < -0.39 is 5.91 Å². The molecule has 1 N–H and O–H groups in total. The monoisotopic (exact) mass is 476 g/mol. The molecular weight excluding hydrogens is 460 g/mol. The highest BCUT2D eigenvalue weighted by molar-refractivity contribution is 9.10. The summed E-state index contributed by atoms with van der Waals surface area (Å²) in [5.41, 5.74) is 4.11. The Hall–Kier alpha value is -2.77. The van der Waals surface area contributed by atoms with Gasteiger partial charge >= 0.3 is 5.91 Å². The number of benzene rings is 2. The van der Waals surface area contributed by atoms with E-state index in [9.17, 15) is 4.79 Å². The smallest absolute Gasteiger partial charge is 0.307 e. The molecule has 0 spiro atoms. The van der Waals surface area contributed by atoms with E-state index in [2.05, 4.69) is 26.5 Å². The second kappa shape index (κ2) is 9.62. The summed E-state index contributed by atoms with van der Waals surface area (Å²) in [5, 5.41) is 4.63. The van der Waals surface area contributed by atoms with Crippen LogP contribution in [0.5, 0.6) is 11.5 Å². The van der Waals surface area contributed by atoms with Crippen LogP contribution in [0.25, 0.3) is 0 Å². The minimum absolute atomic E-state index is 0.198. The van der Waals surface area contributed by atoms with Crippen LogP contribution in [-0.2, 0) is 6.61 Å². The Bertz CT molecular complexity index is 1030. The molecule has 0 atom stereocenters. The number of ether oxygens (including phenoxy) is 2. The Kier molecular flexibility index (Phi) is 6.95. The molecule has 1 heterocycles. The van der Waals surface area contributed by atoms with Crippen LogP contribution in [0.2, 0.25) is 5.02 Å². The highest BCUT2D eigenvalue weighted by Crippen LogP contribution is 2.36. The summed E-state index contributed by atoms with van der Waals surface area (Å²) >= 11 is 9.40. The Labute approximate surface area is 181 Å². The van der Waals surface area contributed by atoms with Crippen molar-refractivity contribution in [3.8, 4) is 11.5 Å². The number of nitrogens with zero attached hydrogens (tertiary/aromatic N) is 1. The van der Waals surface area contributed by atoms with Crippen LogP contribution in [0.1, 0.15) is 27.4 Å². The largest absolute Gasteiger partial charge is 0.493 e. The molecule has 0 aliphatic heterocycles. The number of carbonyl (C=O) groups is 1. The second-order valence-electron chi connectivity index (χ2n) is 6.06. The van der Waals surface area contributed by atoms with Gasteiger partial charge in [0, 0.05) is 5.02 Å². The molecule has 2 aromatic carbocycles. The van der Waals surface area contributed by atoms with Gasteiger partial charge in [-0.05, 0) is 70.4 Å². The Balaban J connectivity index is 1.68. The summed E-state index contributed by atoms with van der Waals surface area (Å²) in [7, 11) is 1.55. The Morgan fingerprint density at radius 3 is 2.66 bits per heavy atom. The molecule has 0 radical (unpaired) electrons. The molecule has 0 bridgehead atoms. The summed E-state index contributed by atoms with van der Waals surface area (Å²) in [6.07, 6.45) is 1.50. The predicted molar refractivity (Wildman–Crippen MR) is 115 cm³/mol. The molecule has 0 fully saturated rings. The van der Waals surface area contributed by atoms with Crippen molar-refractivity contribution >= 4 is 39.7 Å². The van der Waals surface area contributed by atoms with Gasteiger partial charge in [0.15, 0.2) is 17.3 Å². The summed E-state index contributed by atoms with van der Waals surface area (Å²) in [6.45, 7) is 2.12. The van der Waals surface area contributed by atoms with Gasteiger partial charge in [0.05, 0.1) is 17.8 Å². The van der Waals surface area contributed by atoms with Gasteiger partial charge in [-0.15, -0.1) is 0 Å². The van der Waals surface area contributed by atoms with E-state index in [4.69, 9.17) is 25.5 Å². The first kappa shape index (κ1) is 21.0. The Morgan fingerprint density at radius 2 is 2.00 bits per heavy atom. The molecule has 3 rings (SSSR count). The quantitative estimate of drug-likeness (QED) is 0.367. The van der Waals surface area contributed by atoms with Crippen LogP contribution >= 0.6 is 27.5 Å². The molecule has 0 saturated carbocycles. The van der Waals surface area contributed by atoms with Crippen molar-refractivity contribution in [1.29, 1.82) is 0 Å². The lowest BCUT2D eigenvalue weighted by Crippen LogP contribution is -2.16. The third-order valence-corrected chi connectivity index (χ3v) is 4.73. The summed E-state index contributed by atoms with van der Waals surface area (Å²) < 4.78 is 17.3. The summed E-state index contributed by atoms with van der Waals surface area (Å²) in [5.74, 6) is 1.52. The van der Waals surface area contributed by atoms with E-state index in [1.807, 2.05) is 30.3 Å². The lowest BCUT2D eigenvalue weighted by Gasteiger charge is -2.13. The SMILES string of the molecule is COc1cc(/C=N\NC(=O)c2ccc(C)o2)cc(Br)c1OCc1ccc(Cl)cc1. The van der Waals surface area contributed by atoms with Crippen molar-refractivity contribution in [2.45, 2.75) is 13.5 Å². The maximum Gasteiger partial charge on any atom is 0.307 e. The van der Waals surface area contributed by atoms with Gasteiger partial charge in [0.2, 0.25) is 0 Å². The average molecular weight is 478 g/mol. The third-order valence-electron chi connectivity index (χ3n) is 3.89. The van der Waals surface area contributed by atoms with Crippen LogP contribution in [0, 0.1) is 6.92 Å². The minimum Gasteiger partial charge on any atom is -0.493 e. The van der Waals surface area contributed by atoms with Crippen molar-refractivity contribution in [2.75, 3.05) is 7.11 Å². The van der Waals surface area contributed by atoms with E-state index in [0.717, 1.165) is 5.56 Å².